The fourth-order valence-corrected chi connectivity index (χ4v) is 2.84. The van der Waals surface area contributed by atoms with Gasteiger partial charge in [-0.1, -0.05) is 18.2 Å². The van der Waals surface area contributed by atoms with Crippen LogP contribution in [0.5, 0.6) is 5.75 Å². The van der Waals surface area contributed by atoms with Crippen molar-refractivity contribution in [1.82, 2.24) is 25.4 Å². The lowest BCUT2D eigenvalue weighted by Crippen LogP contribution is -2.36. The number of aromatic nitrogens is 3. The zero-order chi connectivity index (χ0) is 19.9. The van der Waals surface area contributed by atoms with Gasteiger partial charge in [-0.05, 0) is 49.2 Å². The van der Waals surface area contributed by atoms with E-state index in [1.54, 1.807) is 14.2 Å². The molecule has 0 bridgehead atoms. The van der Waals surface area contributed by atoms with Crippen LogP contribution < -0.4 is 15.4 Å². The number of halogens is 1. The Labute approximate surface area is 188 Å². The molecule has 7 nitrogen and oxygen atoms in total. The Morgan fingerprint density at radius 1 is 1.03 bits per heavy atom. The molecule has 0 saturated heterocycles. The minimum atomic E-state index is 0. The van der Waals surface area contributed by atoms with Crippen LogP contribution in [0.15, 0.2) is 53.7 Å². The maximum Gasteiger partial charge on any atom is 0.191 e. The number of aryl methyl sites for hydroxylation is 2. The van der Waals surface area contributed by atoms with Gasteiger partial charge in [-0.2, -0.15) is 5.10 Å². The number of nitrogens with zero attached hydrogens (tertiary/aromatic N) is 4. The highest BCUT2D eigenvalue weighted by molar-refractivity contribution is 14.0. The van der Waals surface area contributed by atoms with Gasteiger partial charge in [-0.3, -0.25) is 4.99 Å². The van der Waals surface area contributed by atoms with Gasteiger partial charge in [0.25, 0.3) is 0 Å². The zero-order valence-electron chi connectivity index (χ0n) is 17.1. The predicted octanol–water partition coefficient (Wildman–Crippen LogP) is 3.38. The van der Waals surface area contributed by atoms with Crippen LogP contribution in [0, 0.1) is 13.8 Å². The van der Waals surface area contributed by atoms with E-state index in [-0.39, 0.29) is 24.0 Å². The molecule has 8 heteroatoms. The summed E-state index contributed by atoms with van der Waals surface area (Å²) in [5, 5.41) is 11.1. The van der Waals surface area contributed by atoms with Crippen LogP contribution in [-0.2, 0) is 13.1 Å². The number of aliphatic imine (C=N–C) groups is 1. The SMILES string of the molecule is CN=C(NCc1ccc(OC)cc1)NCc1ccc(-n2nc(C)cc2C)nc1.I. The van der Waals surface area contributed by atoms with E-state index in [0.29, 0.717) is 13.1 Å². The van der Waals surface area contributed by atoms with Gasteiger partial charge in [0.05, 0.1) is 12.8 Å². The molecule has 0 radical (unpaired) electrons. The fraction of sp³-hybridized carbons (Fsp3) is 0.286. The predicted molar refractivity (Wildman–Crippen MR) is 126 cm³/mol. The van der Waals surface area contributed by atoms with Crippen LogP contribution in [0.3, 0.4) is 0 Å². The van der Waals surface area contributed by atoms with Gasteiger partial charge < -0.3 is 15.4 Å². The molecule has 0 unspecified atom stereocenters. The van der Waals surface area contributed by atoms with Crippen molar-refractivity contribution in [2.75, 3.05) is 14.2 Å². The molecule has 29 heavy (non-hydrogen) atoms. The normalized spacial score (nSPS) is 11.0. The summed E-state index contributed by atoms with van der Waals surface area (Å²) in [4.78, 5) is 8.79. The quantitative estimate of drug-likeness (QED) is 0.305. The van der Waals surface area contributed by atoms with Crippen LogP contribution in [0.2, 0.25) is 0 Å². The Hall–Kier alpha value is -2.62. The molecule has 2 heterocycles. The third-order valence-electron chi connectivity index (χ3n) is 4.34. The number of pyridine rings is 1. The smallest absolute Gasteiger partial charge is 0.191 e. The van der Waals surface area contributed by atoms with Crippen LogP contribution in [0.25, 0.3) is 5.82 Å². The van der Waals surface area contributed by atoms with Crippen molar-refractivity contribution in [1.29, 1.82) is 0 Å². The highest BCUT2D eigenvalue weighted by atomic mass is 127. The van der Waals surface area contributed by atoms with Crippen LogP contribution in [0.4, 0.5) is 0 Å². The maximum atomic E-state index is 5.18. The molecule has 3 aromatic rings. The standard InChI is InChI=1S/C21H26N6O.HI/c1-15-11-16(2)27(26-15)20-10-7-18(13-23-20)14-25-21(22-3)24-12-17-5-8-19(28-4)9-6-17;/h5-11,13H,12,14H2,1-4H3,(H2,22,24,25);1H. The summed E-state index contributed by atoms with van der Waals surface area (Å²) >= 11 is 0. The summed E-state index contributed by atoms with van der Waals surface area (Å²) in [6.07, 6.45) is 1.86. The van der Waals surface area contributed by atoms with Crippen molar-refractivity contribution in [3.05, 3.63) is 71.2 Å². The van der Waals surface area contributed by atoms with Crippen molar-refractivity contribution >= 4 is 29.9 Å². The lowest BCUT2D eigenvalue weighted by molar-refractivity contribution is 0.414. The number of nitrogens with one attached hydrogen (secondary N) is 2. The Kier molecular flexibility index (Phi) is 8.44. The summed E-state index contributed by atoms with van der Waals surface area (Å²) in [6, 6.07) is 14.0. The number of guanidine groups is 1. The van der Waals surface area contributed by atoms with E-state index >= 15 is 0 Å². The number of methoxy groups -OCH3 is 1. The van der Waals surface area contributed by atoms with Crippen molar-refractivity contribution < 1.29 is 4.74 Å². The second kappa shape index (κ2) is 10.8. The summed E-state index contributed by atoms with van der Waals surface area (Å²) in [6.45, 7) is 5.31. The third kappa shape index (κ3) is 6.18. The molecule has 0 aliphatic heterocycles. The van der Waals surface area contributed by atoms with Crippen LogP contribution in [0.1, 0.15) is 22.5 Å². The summed E-state index contributed by atoms with van der Waals surface area (Å²) < 4.78 is 7.03. The minimum absolute atomic E-state index is 0. The molecule has 0 amide bonds. The Bertz CT molecular complexity index is 935. The highest BCUT2D eigenvalue weighted by Gasteiger charge is 2.05. The van der Waals surface area contributed by atoms with E-state index in [4.69, 9.17) is 4.74 Å². The van der Waals surface area contributed by atoms with Gasteiger partial charge in [-0.25, -0.2) is 9.67 Å². The number of benzene rings is 1. The first kappa shape index (κ1) is 22.7. The van der Waals surface area contributed by atoms with Gasteiger partial charge in [0.15, 0.2) is 11.8 Å². The zero-order valence-corrected chi connectivity index (χ0v) is 19.5. The molecular formula is C21H27IN6O. The average molecular weight is 506 g/mol. The molecule has 154 valence electrons. The van der Waals surface area contributed by atoms with Gasteiger partial charge >= 0.3 is 0 Å². The van der Waals surface area contributed by atoms with E-state index in [1.807, 2.05) is 67.2 Å². The van der Waals surface area contributed by atoms with Crippen LogP contribution >= 0.6 is 24.0 Å². The molecule has 0 aliphatic rings. The van der Waals surface area contributed by atoms with Crippen molar-refractivity contribution in [2.45, 2.75) is 26.9 Å². The van der Waals surface area contributed by atoms with Crippen molar-refractivity contribution in [3.63, 3.8) is 0 Å². The number of rotatable bonds is 6. The summed E-state index contributed by atoms with van der Waals surface area (Å²) in [5.74, 6) is 2.40. The first-order valence-electron chi connectivity index (χ1n) is 9.15. The first-order chi connectivity index (χ1) is 13.6. The number of ether oxygens (including phenoxy) is 1. The van der Waals surface area contributed by atoms with Gasteiger partial charge in [0.1, 0.15) is 5.75 Å². The second-order valence-corrected chi connectivity index (χ2v) is 6.49. The van der Waals surface area contributed by atoms with Crippen LogP contribution in [-0.4, -0.2) is 34.9 Å². The molecule has 2 aromatic heterocycles. The maximum absolute atomic E-state index is 5.18. The molecule has 0 fully saturated rings. The van der Waals surface area contributed by atoms with Gasteiger partial charge in [-0.15, -0.1) is 24.0 Å². The Morgan fingerprint density at radius 2 is 1.69 bits per heavy atom. The molecule has 0 spiro atoms. The highest BCUT2D eigenvalue weighted by Crippen LogP contribution is 2.11. The molecule has 1 aromatic carbocycles. The fourth-order valence-electron chi connectivity index (χ4n) is 2.84. The van der Waals surface area contributed by atoms with E-state index < -0.39 is 0 Å². The minimum Gasteiger partial charge on any atom is -0.497 e. The van der Waals surface area contributed by atoms with Crippen molar-refractivity contribution in [2.24, 2.45) is 4.99 Å². The Balaban J connectivity index is 0.00000300. The monoisotopic (exact) mass is 506 g/mol. The number of hydrogen-bond donors (Lipinski definition) is 2. The third-order valence-corrected chi connectivity index (χ3v) is 4.34. The van der Waals surface area contributed by atoms with Gasteiger partial charge in [0.2, 0.25) is 0 Å². The number of hydrogen-bond acceptors (Lipinski definition) is 4. The summed E-state index contributed by atoms with van der Waals surface area (Å²) in [7, 11) is 3.42. The van der Waals surface area contributed by atoms with Gasteiger partial charge in [0, 0.05) is 32.0 Å². The molecule has 0 saturated carbocycles. The van der Waals surface area contributed by atoms with E-state index in [2.05, 4.69) is 25.7 Å². The van der Waals surface area contributed by atoms with E-state index in [0.717, 1.165) is 40.0 Å². The lowest BCUT2D eigenvalue weighted by atomic mass is 10.2. The van der Waals surface area contributed by atoms with E-state index in [1.165, 1.54) is 0 Å². The topological polar surface area (TPSA) is 76.4 Å². The largest absolute Gasteiger partial charge is 0.497 e. The lowest BCUT2D eigenvalue weighted by Gasteiger charge is -2.12. The Morgan fingerprint density at radius 3 is 2.21 bits per heavy atom. The molecule has 3 rings (SSSR count). The first-order valence-corrected chi connectivity index (χ1v) is 9.15. The molecule has 0 atom stereocenters. The average Bonchev–Trinajstić information content (AvgIpc) is 3.07. The summed E-state index contributed by atoms with van der Waals surface area (Å²) in [5.41, 5.74) is 4.27. The van der Waals surface area contributed by atoms with Crippen molar-refractivity contribution in [3.8, 4) is 11.6 Å². The van der Waals surface area contributed by atoms with E-state index in [9.17, 15) is 0 Å². The molecular weight excluding hydrogens is 479 g/mol. The molecule has 2 N–H and O–H groups in total. The second-order valence-electron chi connectivity index (χ2n) is 6.49. The molecule has 0 aliphatic carbocycles.